The lowest BCUT2D eigenvalue weighted by atomic mass is 10.1. The summed E-state index contributed by atoms with van der Waals surface area (Å²) >= 11 is 0. The van der Waals surface area contributed by atoms with Crippen LogP contribution in [0.2, 0.25) is 0 Å². The van der Waals surface area contributed by atoms with Crippen LogP contribution in [-0.2, 0) is 6.54 Å². The second kappa shape index (κ2) is 8.52. The lowest BCUT2D eigenvalue weighted by Crippen LogP contribution is -2.44. The number of nitrogens with one attached hydrogen (secondary N) is 3. The molecule has 0 spiro atoms. The van der Waals surface area contributed by atoms with Crippen molar-refractivity contribution >= 4 is 5.96 Å². The van der Waals surface area contributed by atoms with Gasteiger partial charge in [0.15, 0.2) is 5.96 Å². The highest BCUT2D eigenvalue weighted by atomic mass is 16.5. The average Bonchev–Trinajstić information content (AvgIpc) is 2.46. The van der Waals surface area contributed by atoms with Crippen molar-refractivity contribution in [1.82, 2.24) is 16.0 Å². The van der Waals surface area contributed by atoms with E-state index in [9.17, 15) is 0 Å². The van der Waals surface area contributed by atoms with Crippen LogP contribution >= 0.6 is 0 Å². The van der Waals surface area contributed by atoms with E-state index in [0.29, 0.717) is 0 Å². The summed E-state index contributed by atoms with van der Waals surface area (Å²) in [6.07, 6.45) is 0. The van der Waals surface area contributed by atoms with E-state index in [0.717, 1.165) is 31.3 Å². The van der Waals surface area contributed by atoms with Crippen LogP contribution in [0.1, 0.15) is 26.3 Å². The molecule has 0 saturated carbocycles. The Balaban J connectivity index is 2.30. The molecule has 1 aromatic rings. The lowest BCUT2D eigenvalue weighted by molar-refractivity contribution is 0.414. The standard InChI is InChI=1S/C16H28N4O/c1-16(2,3)20-11-10-18-15(17-4)19-12-13-6-8-14(21-5)9-7-13/h6-9,20H,10-12H2,1-5H3,(H2,17,18,19). The minimum absolute atomic E-state index is 0.141. The molecule has 3 N–H and O–H groups in total. The molecule has 1 aromatic carbocycles. The molecule has 0 unspecified atom stereocenters. The van der Waals surface area contributed by atoms with Crippen molar-refractivity contribution in [2.45, 2.75) is 32.9 Å². The zero-order valence-electron chi connectivity index (χ0n) is 13.8. The maximum Gasteiger partial charge on any atom is 0.191 e. The van der Waals surface area contributed by atoms with E-state index in [1.807, 2.05) is 24.3 Å². The summed E-state index contributed by atoms with van der Waals surface area (Å²) in [5, 5.41) is 10.0. The second-order valence-corrected chi connectivity index (χ2v) is 5.88. The molecule has 5 nitrogen and oxygen atoms in total. The van der Waals surface area contributed by atoms with Gasteiger partial charge in [-0.15, -0.1) is 0 Å². The molecule has 0 bridgehead atoms. The zero-order chi connectivity index (χ0) is 15.7. The number of nitrogens with zero attached hydrogens (tertiary/aromatic N) is 1. The van der Waals surface area contributed by atoms with Gasteiger partial charge in [0.05, 0.1) is 7.11 Å². The van der Waals surface area contributed by atoms with Crippen molar-refractivity contribution in [2.24, 2.45) is 4.99 Å². The highest BCUT2D eigenvalue weighted by Crippen LogP contribution is 2.10. The van der Waals surface area contributed by atoms with E-state index in [2.05, 4.69) is 41.7 Å². The monoisotopic (exact) mass is 292 g/mol. The molecule has 118 valence electrons. The van der Waals surface area contributed by atoms with Crippen LogP contribution in [-0.4, -0.2) is 38.7 Å². The smallest absolute Gasteiger partial charge is 0.191 e. The number of guanidine groups is 1. The summed E-state index contributed by atoms with van der Waals surface area (Å²) in [6, 6.07) is 8.00. The second-order valence-electron chi connectivity index (χ2n) is 5.88. The molecule has 0 aliphatic carbocycles. The third-order valence-electron chi connectivity index (χ3n) is 2.92. The van der Waals surface area contributed by atoms with E-state index in [-0.39, 0.29) is 5.54 Å². The fourth-order valence-electron chi connectivity index (χ4n) is 1.77. The van der Waals surface area contributed by atoms with Crippen molar-refractivity contribution in [3.8, 4) is 5.75 Å². The fourth-order valence-corrected chi connectivity index (χ4v) is 1.77. The topological polar surface area (TPSA) is 57.7 Å². The first-order chi connectivity index (χ1) is 9.94. The van der Waals surface area contributed by atoms with Crippen LogP contribution in [0.3, 0.4) is 0 Å². The number of benzene rings is 1. The van der Waals surface area contributed by atoms with Gasteiger partial charge in [-0.25, -0.2) is 0 Å². The Morgan fingerprint density at radius 3 is 2.29 bits per heavy atom. The Labute approximate surface area is 128 Å². The molecule has 1 rings (SSSR count). The lowest BCUT2D eigenvalue weighted by Gasteiger charge is -2.21. The van der Waals surface area contributed by atoms with Crippen molar-refractivity contribution < 1.29 is 4.74 Å². The van der Waals surface area contributed by atoms with Crippen LogP contribution in [0.5, 0.6) is 5.75 Å². The maximum absolute atomic E-state index is 5.15. The predicted molar refractivity (Wildman–Crippen MR) is 89.0 cm³/mol. The summed E-state index contributed by atoms with van der Waals surface area (Å²) in [5.41, 5.74) is 1.33. The average molecular weight is 292 g/mol. The van der Waals surface area contributed by atoms with Gasteiger partial charge >= 0.3 is 0 Å². The Morgan fingerprint density at radius 2 is 1.76 bits per heavy atom. The molecule has 0 saturated heterocycles. The summed E-state index contributed by atoms with van der Waals surface area (Å²) in [4.78, 5) is 4.21. The Hall–Kier alpha value is -1.75. The first-order valence-electron chi connectivity index (χ1n) is 7.27. The number of aliphatic imine (C=N–C) groups is 1. The van der Waals surface area contributed by atoms with Crippen LogP contribution < -0.4 is 20.7 Å². The molecule has 0 fully saturated rings. The summed E-state index contributed by atoms with van der Waals surface area (Å²) in [7, 11) is 3.45. The van der Waals surface area contributed by atoms with Gasteiger partial charge in [-0.05, 0) is 38.5 Å². The van der Waals surface area contributed by atoms with Crippen LogP contribution in [0, 0.1) is 0 Å². The number of methoxy groups -OCH3 is 1. The molecule has 0 aliphatic rings. The summed E-state index contributed by atoms with van der Waals surface area (Å²) in [5.74, 6) is 1.68. The van der Waals surface area contributed by atoms with E-state index >= 15 is 0 Å². The Kier molecular flexibility index (Phi) is 7.02. The van der Waals surface area contributed by atoms with Crippen LogP contribution in [0.4, 0.5) is 0 Å². The highest BCUT2D eigenvalue weighted by molar-refractivity contribution is 5.79. The van der Waals surface area contributed by atoms with Crippen LogP contribution in [0.15, 0.2) is 29.3 Å². The largest absolute Gasteiger partial charge is 0.497 e. The van der Waals surface area contributed by atoms with Gasteiger partial charge in [0.1, 0.15) is 5.75 Å². The zero-order valence-corrected chi connectivity index (χ0v) is 13.8. The number of rotatable bonds is 6. The van der Waals surface area contributed by atoms with Gasteiger partial charge in [-0.2, -0.15) is 0 Å². The Morgan fingerprint density at radius 1 is 1.10 bits per heavy atom. The number of hydrogen-bond donors (Lipinski definition) is 3. The van der Waals surface area contributed by atoms with Gasteiger partial charge < -0.3 is 20.7 Å². The van der Waals surface area contributed by atoms with Gasteiger partial charge in [-0.1, -0.05) is 12.1 Å². The summed E-state index contributed by atoms with van der Waals surface area (Å²) < 4.78 is 5.15. The van der Waals surface area contributed by atoms with Crippen LogP contribution in [0.25, 0.3) is 0 Å². The predicted octanol–water partition coefficient (Wildman–Crippen LogP) is 1.75. The molecule has 0 amide bonds. The molecule has 0 heterocycles. The Bertz CT molecular complexity index is 435. The first-order valence-corrected chi connectivity index (χ1v) is 7.27. The normalized spacial score (nSPS) is 12.1. The van der Waals surface area contributed by atoms with E-state index in [1.165, 1.54) is 5.56 Å². The quantitative estimate of drug-likeness (QED) is 0.425. The van der Waals surface area contributed by atoms with Gasteiger partial charge in [0, 0.05) is 32.2 Å². The van der Waals surface area contributed by atoms with Crippen molar-refractivity contribution in [3.63, 3.8) is 0 Å². The van der Waals surface area contributed by atoms with E-state index in [4.69, 9.17) is 4.74 Å². The molecular weight excluding hydrogens is 264 g/mol. The maximum atomic E-state index is 5.15. The SMILES string of the molecule is CN=C(NCCNC(C)(C)C)NCc1ccc(OC)cc1. The van der Waals surface area contributed by atoms with Gasteiger partial charge in [0.2, 0.25) is 0 Å². The van der Waals surface area contributed by atoms with Gasteiger partial charge in [-0.3, -0.25) is 4.99 Å². The van der Waals surface area contributed by atoms with E-state index < -0.39 is 0 Å². The molecule has 0 aromatic heterocycles. The number of hydrogen-bond acceptors (Lipinski definition) is 3. The minimum atomic E-state index is 0.141. The minimum Gasteiger partial charge on any atom is -0.497 e. The fraction of sp³-hybridized carbons (Fsp3) is 0.562. The molecule has 0 atom stereocenters. The molecule has 0 aliphatic heterocycles. The van der Waals surface area contributed by atoms with Crippen molar-refractivity contribution in [2.75, 3.05) is 27.2 Å². The third-order valence-corrected chi connectivity index (χ3v) is 2.92. The van der Waals surface area contributed by atoms with Crippen molar-refractivity contribution in [3.05, 3.63) is 29.8 Å². The highest BCUT2D eigenvalue weighted by Gasteiger charge is 2.07. The first kappa shape index (κ1) is 17.3. The molecule has 21 heavy (non-hydrogen) atoms. The third kappa shape index (κ3) is 7.56. The molecular formula is C16H28N4O. The van der Waals surface area contributed by atoms with Crippen molar-refractivity contribution in [1.29, 1.82) is 0 Å². The number of ether oxygens (including phenoxy) is 1. The molecule has 0 radical (unpaired) electrons. The molecule has 5 heteroatoms. The van der Waals surface area contributed by atoms with E-state index in [1.54, 1.807) is 14.2 Å². The van der Waals surface area contributed by atoms with Gasteiger partial charge in [0.25, 0.3) is 0 Å². The summed E-state index contributed by atoms with van der Waals surface area (Å²) in [6.45, 7) is 8.93.